The molecule has 0 spiro atoms. The number of fused-ring (bicyclic) bond motifs is 1. The maximum atomic E-state index is 6.11. The molecular formula is C14H10Cl2N2O2. The van der Waals surface area contributed by atoms with Gasteiger partial charge in [-0.05, 0) is 30.3 Å². The number of rotatable bonds is 2. The van der Waals surface area contributed by atoms with Gasteiger partial charge in [0.2, 0.25) is 5.89 Å². The normalized spacial score (nSPS) is 10.9. The van der Waals surface area contributed by atoms with Gasteiger partial charge in [0.15, 0.2) is 11.3 Å². The maximum absolute atomic E-state index is 6.11. The molecule has 0 aliphatic rings. The zero-order chi connectivity index (χ0) is 14.3. The van der Waals surface area contributed by atoms with Crippen molar-refractivity contribution in [2.24, 2.45) is 0 Å². The summed E-state index contributed by atoms with van der Waals surface area (Å²) in [5, 5.41) is 0.800. The van der Waals surface area contributed by atoms with Gasteiger partial charge < -0.3 is 14.9 Å². The van der Waals surface area contributed by atoms with Crippen molar-refractivity contribution >= 4 is 40.0 Å². The van der Waals surface area contributed by atoms with Crippen LogP contribution in [0.5, 0.6) is 5.75 Å². The van der Waals surface area contributed by atoms with Crippen LogP contribution in [0.1, 0.15) is 0 Å². The first-order valence-corrected chi connectivity index (χ1v) is 6.53. The Balaban J connectivity index is 2.15. The molecule has 2 N–H and O–H groups in total. The highest BCUT2D eigenvalue weighted by Gasteiger charge is 2.14. The molecule has 0 fully saturated rings. The Labute approximate surface area is 125 Å². The number of oxazole rings is 1. The summed E-state index contributed by atoms with van der Waals surface area (Å²) in [5.74, 6) is 0.856. The number of ether oxygens (including phenoxy) is 1. The molecular weight excluding hydrogens is 299 g/mol. The van der Waals surface area contributed by atoms with Gasteiger partial charge in [-0.1, -0.05) is 23.2 Å². The fraction of sp³-hybridized carbons (Fsp3) is 0.0714. The minimum absolute atomic E-state index is 0.400. The topological polar surface area (TPSA) is 61.3 Å². The van der Waals surface area contributed by atoms with E-state index in [1.807, 2.05) is 0 Å². The molecule has 0 unspecified atom stereocenters. The second kappa shape index (κ2) is 4.89. The molecule has 0 saturated carbocycles. The molecule has 0 aliphatic heterocycles. The first-order chi connectivity index (χ1) is 9.58. The van der Waals surface area contributed by atoms with E-state index in [1.165, 1.54) is 7.11 Å². The summed E-state index contributed by atoms with van der Waals surface area (Å²) in [7, 11) is 1.51. The summed E-state index contributed by atoms with van der Waals surface area (Å²) in [5.41, 5.74) is 8.36. The van der Waals surface area contributed by atoms with E-state index < -0.39 is 0 Å². The number of nitrogen functional groups attached to an aromatic ring is 1. The first-order valence-electron chi connectivity index (χ1n) is 5.78. The van der Waals surface area contributed by atoms with Gasteiger partial charge in [-0.15, -0.1) is 0 Å². The molecule has 3 aromatic rings. The quantitative estimate of drug-likeness (QED) is 0.713. The van der Waals surface area contributed by atoms with E-state index in [0.717, 1.165) is 0 Å². The van der Waals surface area contributed by atoms with E-state index in [2.05, 4.69) is 4.98 Å². The van der Waals surface area contributed by atoms with Crippen LogP contribution in [-0.4, -0.2) is 12.1 Å². The fourth-order valence-electron chi connectivity index (χ4n) is 1.95. The third-order valence-electron chi connectivity index (χ3n) is 2.86. The summed E-state index contributed by atoms with van der Waals surface area (Å²) < 4.78 is 10.8. The minimum Gasteiger partial charge on any atom is -0.494 e. The standard InChI is InChI=1S/C14H10Cl2N2O2/c1-19-13-9(15)4-7(5-10(13)16)14-18-11-6-8(17)2-3-12(11)20-14/h2-6H,17H2,1H3. The Bertz CT molecular complexity index is 776. The Hall–Kier alpha value is -1.91. The van der Waals surface area contributed by atoms with Gasteiger partial charge in [0.05, 0.1) is 17.2 Å². The summed E-state index contributed by atoms with van der Waals surface area (Å²) in [6, 6.07) is 8.66. The molecule has 20 heavy (non-hydrogen) atoms. The van der Waals surface area contributed by atoms with Crippen molar-refractivity contribution in [1.29, 1.82) is 0 Å². The first kappa shape index (κ1) is 13.1. The lowest BCUT2D eigenvalue weighted by molar-refractivity contribution is 0.415. The van der Waals surface area contributed by atoms with E-state index in [9.17, 15) is 0 Å². The molecule has 3 rings (SSSR count). The van der Waals surface area contributed by atoms with Gasteiger partial charge >= 0.3 is 0 Å². The smallest absolute Gasteiger partial charge is 0.227 e. The lowest BCUT2D eigenvalue weighted by atomic mass is 10.2. The van der Waals surface area contributed by atoms with Crippen LogP contribution in [0.15, 0.2) is 34.7 Å². The average Bonchev–Trinajstić information content (AvgIpc) is 2.81. The molecule has 0 radical (unpaired) electrons. The third kappa shape index (κ3) is 2.17. The van der Waals surface area contributed by atoms with Crippen molar-refractivity contribution in [3.63, 3.8) is 0 Å². The Morgan fingerprint density at radius 2 is 1.85 bits per heavy atom. The molecule has 0 saturated heterocycles. The van der Waals surface area contributed by atoms with Crippen molar-refractivity contribution < 1.29 is 9.15 Å². The van der Waals surface area contributed by atoms with Crippen LogP contribution < -0.4 is 10.5 Å². The number of anilines is 1. The number of hydrogen-bond donors (Lipinski definition) is 1. The number of nitrogens with zero attached hydrogens (tertiary/aromatic N) is 1. The molecule has 6 heteroatoms. The third-order valence-corrected chi connectivity index (χ3v) is 3.42. The van der Waals surface area contributed by atoms with E-state index in [1.54, 1.807) is 30.3 Å². The Morgan fingerprint density at radius 1 is 1.15 bits per heavy atom. The molecule has 1 heterocycles. The lowest BCUT2D eigenvalue weighted by Gasteiger charge is -2.06. The monoisotopic (exact) mass is 308 g/mol. The van der Waals surface area contributed by atoms with Gasteiger partial charge in [0, 0.05) is 11.3 Å². The van der Waals surface area contributed by atoms with Gasteiger partial charge in [0.1, 0.15) is 5.52 Å². The van der Waals surface area contributed by atoms with Crippen LogP contribution in [0.25, 0.3) is 22.6 Å². The maximum Gasteiger partial charge on any atom is 0.227 e. The fourth-order valence-corrected chi connectivity index (χ4v) is 2.59. The number of nitrogens with two attached hydrogens (primary N) is 1. The van der Waals surface area contributed by atoms with Crippen molar-refractivity contribution in [2.75, 3.05) is 12.8 Å². The Morgan fingerprint density at radius 3 is 2.50 bits per heavy atom. The SMILES string of the molecule is COc1c(Cl)cc(-c2nc3cc(N)ccc3o2)cc1Cl. The number of benzene rings is 2. The largest absolute Gasteiger partial charge is 0.494 e. The van der Waals surface area contributed by atoms with Crippen LogP contribution in [0.2, 0.25) is 10.0 Å². The van der Waals surface area contributed by atoms with Crippen LogP contribution in [0.4, 0.5) is 5.69 Å². The van der Waals surface area contributed by atoms with E-state index >= 15 is 0 Å². The summed E-state index contributed by atoms with van der Waals surface area (Å²) >= 11 is 12.2. The Kier molecular flexibility index (Phi) is 3.20. The second-order valence-electron chi connectivity index (χ2n) is 4.22. The van der Waals surface area contributed by atoms with E-state index in [0.29, 0.717) is 44.0 Å². The van der Waals surface area contributed by atoms with E-state index in [-0.39, 0.29) is 0 Å². The molecule has 0 bridgehead atoms. The average molecular weight is 309 g/mol. The van der Waals surface area contributed by atoms with Gasteiger partial charge in [-0.3, -0.25) is 0 Å². The predicted molar refractivity (Wildman–Crippen MR) is 80.4 cm³/mol. The molecule has 102 valence electrons. The van der Waals surface area contributed by atoms with E-state index in [4.69, 9.17) is 38.1 Å². The van der Waals surface area contributed by atoms with Crippen molar-refractivity contribution in [3.05, 3.63) is 40.4 Å². The summed E-state index contributed by atoms with van der Waals surface area (Å²) in [6.07, 6.45) is 0. The van der Waals surface area contributed by atoms with Gasteiger partial charge in [-0.25, -0.2) is 4.98 Å². The van der Waals surface area contributed by atoms with Gasteiger partial charge in [0.25, 0.3) is 0 Å². The highest BCUT2D eigenvalue weighted by atomic mass is 35.5. The van der Waals surface area contributed by atoms with Crippen LogP contribution in [0, 0.1) is 0 Å². The zero-order valence-corrected chi connectivity index (χ0v) is 12.0. The van der Waals surface area contributed by atoms with Gasteiger partial charge in [-0.2, -0.15) is 0 Å². The van der Waals surface area contributed by atoms with Crippen molar-refractivity contribution in [3.8, 4) is 17.2 Å². The minimum atomic E-state index is 0.400. The molecule has 2 aromatic carbocycles. The molecule has 0 amide bonds. The number of methoxy groups -OCH3 is 1. The summed E-state index contributed by atoms with van der Waals surface area (Å²) in [6.45, 7) is 0. The highest BCUT2D eigenvalue weighted by Crippen LogP contribution is 2.37. The zero-order valence-electron chi connectivity index (χ0n) is 10.5. The molecule has 4 nitrogen and oxygen atoms in total. The number of aromatic nitrogens is 1. The van der Waals surface area contributed by atoms with Crippen molar-refractivity contribution in [1.82, 2.24) is 4.98 Å². The number of hydrogen-bond acceptors (Lipinski definition) is 4. The van der Waals surface area contributed by atoms with Crippen molar-refractivity contribution in [2.45, 2.75) is 0 Å². The lowest BCUT2D eigenvalue weighted by Crippen LogP contribution is -1.87. The highest BCUT2D eigenvalue weighted by molar-refractivity contribution is 6.37. The van der Waals surface area contributed by atoms with Crippen LogP contribution >= 0.6 is 23.2 Å². The number of halogens is 2. The van der Waals surface area contributed by atoms with Crippen LogP contribution in [0.3, 0.4) is 0 Å². The molecule has 0 aliphatic carbocycles. The molecule has 0 atom stereocenters. The predicted octanol–water partition coefficient (Wildman–Crippen LogP) is 4.39. The van der Waals surface area contributed by atoms with Crippen LogP contribution in [-0.2, 0) is 0 Å². The molecule has 1 aromatic heterocycles. The summed E-state index contributed by atoms with van der Waals surface area (Å²) in [4.78, 5) is 4.38. The second-order valence-corrected chi connectivity index (χ2v) is 5.03.